The Morgan fingerprint density at radius 2 is 1.84 bits per heavy atom. The minimum atomic E-state index is 0.546. The number of rotatable bonds is 5. The van der Waals surface area contributed by atoms with E-state index in [1.807, 2.05) is 0 Å². The Morgan fingerprint density at radius 3 is 2.47 bits per heavy atom. The molecule has 2 aromatic heterocycles. The van der Waals surface area contributed by atoms with Crippen molar-refractivity contribution in [2.24, 2.45) is 0 Å². The maximum atomic E-state index is 4.51. The van der Waals surface area contributed by atoms with Crippen LogP contribution in [0.25, 0.3) is 11.6 Å². The summed E-state index contributed by atoms with van der Waals surface area (Å²) < 4.78 is 0.920. The lowest BCUT2D eigenvalue weighted by Crippen LogP contribution is -2.08. The zero-order valence-corrected chi connectivity index (χ0v) is 12.6. The van der Waals surface area contributed by atoms with Gasteiger partial charge in [-0.15, -0.1) is 0 Å². The molecule has 19 heavy (non-hydrogen) atoms. The van der Waals surface area contributed by atoms with Crippen LogP contribution in [0.5, 0.6) is 0 Å². The molecule has 2 aromatic rings. The van der Waals surface area contributed by atoms with Crippen LogP contribution in [0.2, 0.25) is 0 Å². The van der Waals surface area contributed by atoms with Gasteiger partial charge in [-0.25, -0.2) is 19.9 Å². The molecule has 0 aliphatic carbocycles. The van der Waals surface area contributed by atoms with Gasteiger partial charge in [0.2, 0.25) is 0 Å². The van der Waals surface area contributed by atoms with Gasteiger partial charge in [0.05, 0.1) is 10.2 Å². The predicted octanol–water partition coefficient (Wildman–Crippen LogP) is 3.08. The predicted molar refractivity (Wildman–Crippen MR) is 78.9 cm³/mol. The second kappa shape index (κ2) is 6.56. The second-order valence-corrected chi connectivity index (χ2v) is 4.80. The van der Waals surface area contributed by atoms with Gasteiger partial charge >= 0.3 is 0 Å². The van der Waals surface area contributed by atoms with Crippen LogP contribution in [0.3, 0.4) is 0 Å². The summed E-state index contributed by atoms with van der Waals surface area (Å²) in [7, 11) is 0. The highest BCUT2D eigenvalue weighted by molar-refractivity contribution is 9.10. The van der Waals surface area contributed by atoms with Gasteiger partial charge in [0.15, 0.2) is 11.6 Å². The Hall–Kier alpha value is -1.56. The van der Waals surface area contributed by atoms with Crippen LogP contribution in [-0.4, -0.2) is 26.5 Å². The molecule has 0 bridgehead atoms. The number of nitrogens with one attached hydrogen (secondary N) is 1. The summed E-state index contributed by atoms with van der Waals surface area (Å²) in [5.74, 6) is 1.90. The van der Waals surface area contributed by atoms with Gasteiger partial charge in [0.25, 0.3) is 0 Å². The number of aromatic nitrogens is 4. The van der Waals surface area contributed by atoms with Crippen molar-refractivity contribution in [2.75, 3.05) is 11.9 Å². The van der Waals surface area contributed by atoms with Crippen molar-refractivity contribution >= 4 is 21.7 Å². The summed E-state index contributed by atoms with van der Waals surface area (Å²) in [6.45, 7) is 5.05. The lowest BCUT2D eigenvalue weighted by molar-refractivity contribution is 0.936. The van der Waals surface area contributed by atoms with E-state index in [1.54, 1.807) is 18.5 Å². The average molecular weight is 322 g/mol. The average Bonchev–Trinajstić information content (AvgIpc) is 2.47. The van der Waals surface area contributed by atoms with Crippen molar-refractivity contribution in [3.8, 4) is 11.6 Å². The molecule has 5 nitrogen and oxygen atoms in total. The monoisotopic (exact) mass is 321 g/mol. The Balaban J connectivity index is 2.45. The fraction of sp³-hybridized carbons (Fsp3) is 0.385. The summed E-state index contributed by atoms with van der Waals surface area (Å²) in [4.78, 5) is 17.4. The van der Waals surface area contributed by atoms with Gasteiger partial charge < -0.3 is 5.32 Å². The molecular weight excluding hydrogens is 306 g/mol. The highest BCUT2D eigenvalue weighted by atomic mass is 79.9. The first-order valence-corrected chi connectivity index (χ1v) is 7.13. The number of aryl methyl sites for hydroxylation is 1. The molecule has 0 atom stereocenters. The zero-order chi connectivity index (χ0) is 13.7. The molecule has 0 aromatic carbocycles. The van der Waals surface area contributed by atoms with E-state index >= 15 is 0 Å². The van der Waals surface area contributed by atoms with E-state index in [4.69, 9.17) is 0 Å². The Morgan fingerprint density at radius 1 is 1.11 bits per heavy atom. The summed E-state index contributed by atoms with van der Waals surface area (Å²) in [6, 6.07) is 1.78. The van der Waals surface area contributed by atoms with Crippen LogP contribution in [-0.2, 0) is 6.42 Å². The van der Waals surface area contributed by atoms with Crippen molar-refractivity contribution in [1.82, 2.24) is 19.9 Å². The maximum absolute atomic E-state index is 4.51. The van der Waals surface area contributed by atoms with Crippen molar-refractivity contribution in [1.29, 1.82) is 0 Å². The highest BCUT2D eigenvalue weighted by Gasteiger charge is 2.13. The number of anilines is 1. The van der Waals surface area contributed by atoms with Crippen LogP contribution < -0.4 is 5.32 Å². The summed E-state index contributed by atoms with van der Waals surface area (Å²) >= 11 is 3.55. The topological polar surface area (TPSA) is 63.6 Å². The smallest absolute Gasteiger partial charge is 0.200 e. The van der Waals surface area contributed by atoms with E-state index in [1.165, 1.54) is 0 Å². The molecule has 0 aliphatic rings. The van der Waals surface area contributed by atoms with Crippen molar-refractivity contribution in [3.05, 3.63) is 28.6 Å². The zero-order valence-electron chi connectivity index (χ0n) is 11.0. The first-order valence-electron chi connectivity index (χ1n) is 6.34. The number of hydrogen-bond acceptors (Lipinski definition) is 5. The summed E-state index contributed by atoms with van der Waals surface area (Å²) in [5, 5.41) is 3.29. The van der Waals surface area contributed by atoms with E-state index < -0.39 is 0 Å². The standard InChI is InChI=1S/C13H16BrN5/c1-3-6-15-11-10(14)9(4-2)18-13(19-11)12-16-7-5-8-17-12/h5,7-8H,3-4,6H2,1-2H3,(H,15,18,19). The van der Waals surface area contributed by atoms with Crippen LogP contribution in [0, 0.1) is 0 Å². The number of nitrogens with zero attached hydrogens (tertiary/aromatic N) is 4. The van der Waals surface area contributed by atoms with Gasteiger partial charge in [-0.1, -0.05) is 13.8 Å². The minimum Gasteiger partial charge on any atom is -0.369 e. The second-order valence-electron chi connectivity index (χ2n) is 4.01. The first kappa shape index (κ1) is 13.9. The van der Waals surface area contributed by atoms with Gasteiger partial charge in [0.1, 0.15) is 5.82 Å². The van der Waals surface area contributed by atoms with Crippen LogP contribution >= 0.6 is 15.9 Å². The largest absolute Gasteiger partial charge is 0.369 e. The molecule has 1 N–H and O–H groups in total. The fourth-order valence-corrected chi connectivity index (χ4v) is 2.20. The maximum Gasteiger partial charge on any atom is 0.200 e. The Kier molecular flexibility index (Phi) is 4.79. The van der Waals surface area contributed by atoms with Crippen LogP contribution in [0.1, 0.15) is 26.0 Å². The Labute approximate surface area is 121 Å². The molecule has 0 amide bonds. The fourth-order valence-electron chi connectivity index (χ4n) is 1.60. The molecule has 6 heteroatoms. The molecule has 0 aliphatic heterocycles. The number of halogens is 1. The van der Waals surface area contributed by atoms with Gasteiger partial charge in [-0.3, -0.25) is 0 Å². The molecule has 0 spiro atoms. The van der Waals surface area contributed by atoms with Crippen molar-refractivity contribution in [2.45, 2.75) is 26.7 Å². The van der Waals surface area contributed by atoms with Crippen LogP contribution in [0.15, 0.2) is 22.9 Å². The highest BCUT2D eigenvalue weighted by Crippen LogP contribution is 2.26. The van der Waals surface area contributed by atoms with Crippen molar-refractivity contribution in [3.63, 3.8) is 0 Å². The van der Waals surface area contributed by atoms with Crippen molar-refractivity contribution < 1.29 is 0 Å². The lowest BCUT2D eigenvalue weighted by Gasteiger charge is -2.11. The molecular formula is C13H16BrN5. The third-order valence-electron chi connectivity index (χ3n) is 2.56. The molecule has 2 rings (SSSR count). The third kappa shape index (κ3) is 3.26. The molecule has 0 saturated heterocycles. The quantitative estimate of drug-likeness (QED) is 0.916. The van der Waals surface area contributed by atoms with E-state index in [9.17, 15) is 0 Å². The van der Waals surface area contributed by atoms with Gasteiger partial charge in [-0.05, 0) is 34.8 Å². The molecule has 0 radical (unpaired) electrons. The molecule has 0 fully saturated rings. The van der Waals surface area contributed by atoms with E-state index in [2.05, 4.69) is 55.0 Å². The lowest BCUT2D eigenvalue weighted by atomic mass is 10.3. The van der Waals surface area contributed by atoms with Gasteiger partial charge in [-0.2, -0.15) is 0 Å². The normalized spacial score (nSPS) is 10.5. The molecule has 100 valence electrons. The summed E-state index contributed by atoms with van der Waals surface area (Å²) in [6.07, 6.45) is 5.25. The van der Waals surface area contributed by atoms with Crippen LogP contribution in [0.4, 0.5) is 5.82 Å². The van der Waals surface area contributed by atoms with E-state index in [0.29, 0.717) is 11.6 Å². The van der Waals surface area contributed by atoms with E-state index in [0.717, 1.165) is 35.4 Å². The third-order valence-corrected chi connectivity index (χ3v) is 3.40. The summed E-state index contributed by atoms with van der Waals surface area (Å²) in [5.41, 5.74) is 0.955. The minimum absolute atomic E-state index is 0.546. The molecule has 0 saturated carbocycles. The number of hydrogen-bond donors (Lipinski definition) is 1. The molecule has 2 heterocycles. The Bertz CT molecular complexity index is 544. The molecule has 0 unspecified atom stereocenters. The van der Waals surface area contributed by atoms with E-state index in [-0.39, 0.29) is 0 Å². The first-order chi connectivity index (χ1) is 9.26. The van der Waals surface area contributed by atoms with Gasteiger partial charge in [0, 0.05) is 18.9 Å². The SMILES string of the molecule is CCCNc1nc(-c2ncccn2)nc(CC)c1Br.